The van der Waals surface area contributed by atoms with Gasteiger partial charge in [0.2, 0.25) is 5.95 Å². The third-order valence-corrected chi connectivity index (χ3v) is 2.82. The van der Waals surface area contributed by atoms with Gasteiger partial charge in [-0.3, -0.25) is 0 Å². The second-order valence-electron chi connectivity index (χ2n) is 5.24. The largest absolute Gasteiger partial charge is 0.383 e. The van der Waals surface area contributed by atoms with Crippen molar-refractivity contribution >= 4 is 5.95 Å². The Morgan fingerprint density at radius 1 is 1.32 bits per heavy atom. The van der Waals surface area contributed by atoms with Crippen LogP contribution in [0.2, 0.25) is 0 Å². The summed E-state index contributed by atoms with van der Waals surface area (Å²) >= 11 is 0. The molecule has 1 aromatic rings. The lowest BCUT2D eigenvalue weighted by atomic mass is 10.1. The van der Waals surface area contributed by atoms with Crippen LogP contribution in [-0.4, -0.2) is 42.5 Å². The number of hydrogen-bond donors (Lipinski definition) is 1. The van der Waals surface area contributed by atoms with E-state index in [1.54, 1.807) is 13.3 Å². The molecule has 0 saturated heterocycles. The van der Waals surface area contributed by atoms with E-state index < -0.39 is 0 Å². The van der Waals surface area contributed by atoms with Crippen molar-refractivity contribution in [2.45, 2.75) is 39.8 Å². The van der Waals surface area contributed by atoms with E-state index in [4.69, 9.17) is 9.47 Å². The van der Waals surface area contributed by atoms with Crippen LogP contribution in [-0.2, 0) is 16.0 Å². The van der Waals surface area contributed by atoms with Gasteiger partial charge in [-0.1, -0.05) is 13.8 Å². The summed E-state index contributed by atoms with van der Waals surface area (Å²) in [6.07, 6.45) is 4.88. The summed E-state index contributed by atoms with van der Waals surface area (Å²) in [5, 5.41) is 3.32. The zero-order valence-electron chi connectivity index (χ0n) is 12.6. The molecule has 1 N–H and O–H groups in total. The number of ether oxygens (including phenoxy) is 2. The van der Waals surface area contributed by atoms with E-state index in [0.29, 0.717) is 12.5 Å². The minimum Gasteiger partial charge on any atom is -0.383 e. The normalized spacial score (nSPS) is 12.9. The van der Waals surface area contributed by atoms with Crippen LogP contribution in [0.25, 0.3) is 0 Å². The average Bonchev–Trinajstić information content (AvgIpc) is 2.76. The van der Waals surface area contributed by atoms with Gasteiger partial charge in [0.25, 0.3) is 0 Å². The lowest BCUT2D eigenvalue weighted by molar-refractivity contribution is 0.116. The summed E-state index contributed by atoms with van der Waals surface area (Å²) in [6.45, 7) is 9.52. The van der Waals surface area contributed by atoms with E-state index >= 15 is 0 Å². The Balaban J connectivity index is 2.28. The van der Waals surface area contributed by atoms with E-state index in [1.165, 1.54) is 0 Å². The number of nitrogens with one attached hydrogen (secondary N) is 1. The van der Waals surface area contributed by atoms with Gasteiger partial charge in [0, 0.05) is 38.7 Å². The van der Waals surface area contributed by atoms with Gasteiger partial charge in [-0.15, -0.1) is 0 Å². The summed E-state index contributed by atoms with van der Waals surface area (Å²) < 4.78 is 12.8. The maximum absolute atomic E-state index is 5.62. The predicted molar refractivity (Wildman–Crippen MR) is 77.5 cm³/mol. The van der Waals surface area contributed by atoms with E-state index in [0.717, 1.165) is 32.1 Å². The van der Waals surface area contributed by atoms with Crippen molar-refractivity contribution in [3.8, 4) is 0 Å². The van der Waals surface area contributed by atoms with E-state index in [9.17, 15) is 0 Å². The summed E-state index contributed by atoms with van der Waals surface area (Å²) in [5.41, 5.74) is 0. The molecule has 1 atom stereocenters. The molecule has 0 amide bonds. The van der Waals surface area contributed by atoms with Crippen molar-refractivity contribution < 1.29 is 9.47 Å². The Morgan fingerprint density at radius 3 is 2.79 bits per heavy atom. The van der Waals surface area contributed by atoms with Crippen molar-refractivity contribution in [2.75, 3.05) is 32.2 Å². The maximum Gasteiger partial charge on any atom is 0.203 e. The van der Waals surface area contributed by atoms with Gasteiger partial charge in [-0.05, 0) is 19.3 Å². The first kappa shape index (κ1) is 16.0. The number of imidazole rings is 1. The van der Waals surface area contributed by atoms with Crippen LogP contribution < -0.4 is 5.32 Å². The summed E-state index contributed by atoms with van der Waals surface area (Å²) in [4.78, 5) is 4.31. The highest BCUT2D eigenvalue weighted by molar-refractivity contribution is 5.27. The number of nitrogens with zero attached hydrogens (tertiary/aromatic N) is 2. The smallest absolute Gasteiger partial charge is 0.203 e. The molecule has 0 fully saturated rings. The SMILES string of the molecule is COCC(C)Nc1nccn1CCOCCC(C)C. The first-order chi connectivity index (χ1) is 9.13. The van der Waals surface area contributed by atoms with Gasteiger partial charge < -0.3 is 19.4 Å². The van der Waals surface area contributed by atoms with Crippen molar-refractivity contribution in [3.63, 3.8) is 0 Å². The van der Waals surface area contributed by atoms with Crippen molar-refractivity contribution in [2.24, 2.45) is 5.92 Å². The molecule has 5 nitrogen and oxygen atoms in total. The molecule has 5 heteroatoms. The molecule has 0 aromatic carbocycles. The minimum atomic E-state index is 0.244. The quantitative estimate of drug-likeness (QED) is 0.663. The van der Waals surface area contributed by atoms with Gasteiger partial charge in [-0.25, -0.2) is 4.98 Å². The molecular formula is C14H27N3O2. The van der Waals surface area contributed by atoms with E-state index in [1.807, 2.05) is 6.20 Å². The topological polar surface area (TPSA) is 48.3 Å². The summed E-state index contributed by atoms with van der Waals surface area (Å²) in [6, 6.07) is 0.244. The van der Waals surface area contributed by atoms with Gasteiger partial charge in [0.1, 0.15) is 0 Å². The fourth-order valence-electron chi connectivity index (χ4n) is 1.73. The van der Waals surface area contributed by atoms with Crippen molar-refractivity contribution in [3.05, 3.63) is 12.4 Å². The second-order valence-corrected chi connectivity index (χ2v) is 5.24. The first-order valence-electron chi connectivity index (χ1n) is 6.97. The maximum atomic E-state index is 5.62. The molecule has 19 heavy (non-hydrogen) atoms. The number of rotatable bonds is 10. The highest BCUT2D eigenvalue weighted by atomic mass is 16.5. The van der Waals surface area contributed by atoms with Gasteiger partial charge >= 0.3 is 0 Å². The molecule has 0 bridgehead atoms. The fourth-order valence-corrected chi connectivity index (χ4v) is 1.73. The van der Waals surface area contributed by atoms with Gasteiger partial charge in [-0.2, -0.15) is 0 Å². The molecule has 1 unspecified atom stereocenters. The van der Waals surface area contributed by atoms with Crippen LogP contribution in [0.4, 0.5) is 5.95 Å². The number of aromatic nitrogens is 2. The van der Waals surface area contributed by atoms with Crippen LogP contribution in [0.5, 0.6) is 0 Å². The Kier molecular flexibility index (Phi) is 7.52. The highest BCUT2D eigenvalue weighted by Gasteiger charge is 2.06. The highest BCUT2D eigenvalue weighted by Crippen LogP contribution is 2.06. The molecule has 0 aliphatic carbocycles. The molecule has 1 heterocycles. The summed E-state index contributed by atoms with van der Waals surface area (Å²) in [5.74, 6) is 1.57. The van der Waals surface area contributed by atoms with Crippen LogP contribution in [0, 0.1) is 5.92 Å². The first-order valence-corrected chi connectivity index (χ1v) is 6.97. The van der Waals surface area contributed by atoms with E-state index in [2.05, 4.69) is 35.6 Å². The third-order valence-electron chi connectivity index (χ3n) is 2.82. The molecule has 0 radical (unpaired) electrons. The van der Waals surface area contributed by atoms with Crippen LogP contribution >= 0.6 is 0 Å². The van der Waals surface area contributed by atoms with Gasteiger partial charge in [0.05, 0.1) is 13.2 Å². The molecular weight excluding hydrogens is 242 g/mol. The van der Waals surface area contributed by atoms with Crippen molar-refractivity contribution in [1.29, 1.82) is 0 Å². The Morgan fingerprint density at radius 2 is 2.11 bits per heavy atom. The minimum absolute atomic E-state index is 0.244. The predicted octanol–water partition coefficient (Wildman–Crippen LogP) is 2.39. The molecule has 0 spiro atoms. The zero-order valence-corrected chi connectivity index (χ0v) is 12.6. The third kappa shape index (κ3) is 6.59. The standard InChI is InChI=1S/C14H27N3O2/c1-12(2)5-9-19-10-8-17-7-6-15-14(17)16-13(3)11-18-4/h6-7,12-13H,5,8-11H2,1-4H3,(H,15,16). The molecule has 0 aliphatic rings. The molecule has 1 aromatic heterocycles. The second kappa shape index (κ2) is 8.93. The van der Waals surface area contributed by atoms with Crippen LogP contribution in [0.15, 0.2) is 12.4 Å². The van der Waals surface area contributed by atoms with Crippen LogP contribution in [0.3, 0.4) is 0 Å². The molecule has 0 saturated carbocycles. The zero-order chi connectivity index (χ0) is 14.1. The number of anilines is 1. The number of methoxy groups -OCH3 is 1. The number of hydrogen-bond acceptors (Lipinski definition) is 4. The Bertz CT molecular complexity index is 339. The lowest BCUT2D eigenvalue weighted by Crippen LogP contribution is -2.23. The monoisotopic (exact) mass is 269 g/mol. The fraction of sp³-hybridized carbons (Fsp3) is 0.786. The average molecular weight is 269 g/mol. The van der Waals surface area contributed by atoms with Crippen molar-refractivity contribution in [1.82, 2.24) is 9.55 Å². The molecule has 110 valence electrons. The molecule has 1 rings (SSSR count). The van der Waals surface area contributed by atoms with Gasteiger partial charge in [0.15, 0.2) is 0 Å². The van der Waals surface area contributed by atoms with Crippen LogP contribution in [0.1, 0.15) is 27.2 Å². The molecule has 0 aliphatic heterocycles. The lowest BCUT2D eigenvalue weighted by Gasteiger charge is -2.15. The Hall–Kier alpha value is -1.07. The summed E-state index contributed by atoms with van der Waals surface area (Å²) in [7, 11) is 1.70. The Labute approximate surface area is 116 Å². The van der Waals surface area contributed by atoms with E-state index in [-0.39, 0.29) is 6.04 Å².